The number of aryl methyl sites for hydroxylation is 2. The van der Waals surface area contributed by atoms with Crippen molar-refractivity contribution in [2.24, 2.45) is 0 Å². The molecule has 4 rings (SSSR count). The van der Waals surface area contributed by atoms with Crippen molar-refractivity contribution in [1.82, 2.24) is 9.55 Å². The summed E-state index contributed by atoms with van der Waals surface area (Å²) in [5.41, 5.74) is 2.61. The lowest BCUT2D eigenvalue weighted by Crippen LogP contribution is -2.30. The fraction of sp³-hybridized carbons (Fsp3) is 0.400. The van der Waals surface area contributed by atoms with Crippen LogP contribution in [0.25, 0.3) is 10.2 Å². The number of rotatable bonds is 4. The Hall–Kier alpha value is -2.14. The van der Waals surface area contributed by atoms with Crippen molar-refractivity contribution in [3.63, 3.8) is 0 Å². The van der Waals surface area contributed by atoms with E-state index in [1.807, 2.05) is 36.7 Å². The normalized spacial score (nSPS) is 13.8. The van der Waals surface area contributed by atoms with Gasteiger partial charge in [0.2, 0.25) is 5.95 Å². The Labute approximate surface area is 151 Å². The Bertz CT molecular complexity index is 958. The van der Waals surface area contributed by atoms with Gasteiger partial charge < -0.3 is 4.90 Å². The molecule has 1 aromatic carbocycles. The molecule has 0 saturated carbocycles. The van der Waals surface area contributed by atoms with Gasteiger partial charge in [0.25, 0.3) is 5.56 Å². The van der Waals surface area contributed by atoms with Crippen molar-refractivity contribution in [3.8, 4) is 0 Å². The van der Waals surface area contributed by atoms with Crippen LogP contribution in [0.4, 0.5) is 5.95 Å². The highest BCUT2D eigenvalue weighted by Crippen LogP contribution is 2.34. The summed E-state index contributed by atoms with van der Waals surface area (Å²) in [5, 5.41) is 0.874. The molecule has 0 spiro atoms. The number of aromatic nitrogens is 2. The first kappa shape index (κ1) is 16.3. The Morgan fingerprint density at radius 3 is 2.72 bits per heavy atom. The molecule has 3 aromatic rings. The van der Waals surface area contributed by atoms with Gasteiger partial charge in [0, 0.05) is 25.0 Å². The monoisotopic (exact) mass is 353 g/mol. The highest BCUT2D eigenvalue weighted by atomic mass is 32.1. The van der Waals surface area contributed by atoms with E-state index in [1.165, 1.54) is 28.8 Å². The van der Waals surface area contributed by atoms with Crippen LogP contribution in [-0.4, -0.2) is 16.6 Å². The minimum Gasteiger partial charge on any atom is -0.341 e. The number of hydrogen-bond donors (Lipinski definition) is 0. The minimum atomic E-state index is 0.127. The highest BCUT2D eigenvalue weighted by Gasteiger charge is 2.22. The summed E-state index contributed by atoms with van der Waals surface area (Å²) in [5.74, 6) is 0.766. The molecule has 0 atom stereocenters. The quantitative estimate of drug-likeness (QED) is 0.712. The molecule has 2 aromatic heterocycles. The Kier molecular flexibility index (Phi) is 4.34. The topological polar surface area (TPSA) is 38.1 Å². The van der Waals surface area contributed by atoms with Crippen molar-refractivity contribution in [2.45, 2.75) is 45.7 Å². The second-order valence-electron chi connectivity index (χ2n) is 6.69. The fourth-order valence-electron chi connectivity index (χ4n) is 3.73. The number of fused-ring (bicyclic) bond motifs is 3. The average molecular weight is 353 g/mol. The molecule has 0 saturated heterocycles. The van der Waals surface area contributed by atoms with Gasteiger partial charge in [-0.1, -0.05) is 30.3 Å². The molecule has 1 aliphatic carbocycles. The van der Waals surface area contributed by atoms with E-state index >= 15 is 0 Å². The predicted octanol–water partition coefficient (Wildman–Crippen LogP) is 3.99. The zero-order valence-electron chi connectivity index (χ0n) is 14.8. The third-order valence-electron chi connectivity index (χ3n) is 4.97. The van der Waals surface area contributed by atoms with Crippen LogP contribution >= 0.6 is 11.3 Å². The molecular weight excluding hydrogens is 330 g/mol. The second kappa shape index (κ2) is 6.64. The van der Waals surface area contributed by atoms with E-state index in [0.29, 0.717) is 6.54 Å². The molecule has 5 heteroatoms. The first-order chi connectivity index (χ1) is 12.2. The molecule has 0 aliphatic heterocycles. The molecule has 4 nitrogen and oxygen atoms in total. The summed E-state index contributed by atoms with van der Waals surface area (Å²) in [6, 6.07) is 10.3. The second-order valence-corrected chi connectivity index (χ2v) is 7.78. The van der Waals surface area contributed by atoms with Gasteiger partial charge in [-0.2, -0.15) is 0 Å². The molecule has 0 amide bonds. The lowest BCUT2D eigenvalue weighted by atomic mass is 9.97. The van der Waals surface area contributed by atoms with E-state index in [1.54, 1.807) is 11.3 Å². The maximum absolute atomic E-state index is 13.2. The zero-order chi connectivity index (χ0) is 17.4. The summed E-state index contributed by atoms with van der Waals surface area (Å²) in [6.07, 6.45) is 4.52. The number of hydrogen-bond acceptors (Lipinski definition) is 4. The van der Waals surface area contributed by atoms with Gasteiger partial charge in [-0.3, -0.25) is 9.36 Å². The lowest BCUT2D eigenvalue weighted by molar-refractivity contribution is 0.682. The Morgan fingerprint density at radius 1 is 1.20 bits per heavy atom. The largest absolute Gasteiger partial charge is 0.341 e. The van der Waals surface area contributed by atoms with Crippen LogP contribution in [0.15, 0.2) is 35.1 Å². The zero-order valence-corrected chi connectivity index (χ0v) is 15.6. The van der Waals surface area contributed by atoms with Crippen molar-refractivity contribution >= 4 is 27.5 Å². The summed E-state index contributed by atoms with van der Waals surface area (Å²) in [4.78, 5) is 22.5. The molecule has 0 fully saturated rings. The number of benzene rings is 1. The smallest absolute Gasteiger partial charge is 0.263 e. The lowest BCUT2D eigenvalue weighted by Gasteiger charge is -2.22. The van der Waals surface area contributed by atoms with Gasteiger partial charge in [-0.15, -0.1) is 11.3 Å². The van der Waals surface area contributed by atoms with Gasteiger partial charge >= 0.3 is 0 Å². The molecule has 0 unspecified atom stereocenters. The molecule has 0 bridgehead atoms. The van der Waals surface area contributed by atoms with Crippen LogP contribution in [0.3, 0.4) is 0 Å². The summed E-state index contributed by atoms with van der Waals surface area (Å²) in [6.45, 7) is 3.40. The molecule has 2 heterocycles. The summed E-state index contributed by atoms with van der Waals surface area (Å²) < 4.78 is 1.83. The highest BCUT2D eigenvalue weighted by molar-refractivity contribution is 7.18. The van der Waals surface area contributed by atoms with Crippen molar-refractivity contribution in [1.29, 1.82) is 0 Å². The maximum atomic E-state index is 13.2. The Morgan fingerprint density at radius 2 is 1.96 bits per heavy atom. The predicted molar refractivity (Wildman–Crippen MR) is 105 cm³/mol. The van der Waals surface area contributed by atoms with E-state index < -0.39 is 0 Å². The number of anilines is 1. The first-order valence-electron chi connectivity index (χ1n) is 8.99. The Balaban J connectivity index is 1.82. The van der Waals surface area contributed by atoms with Crippen LogP contribution in [0.2, 0.25) is 0 Å². The number of thiophene rings is 1. The van der Waals surface area contributed by atoms with Crippen molar-refractivity contribution in [2.75, 3.05) is 11.9 Å². The SMILES string of the molecule is CCn1c(N(C)Cc2ccccc2)nc2sc3c(c2c1=O)CCCC3. The van der Waals surface area contributed by atoms with Crippen molar-refractivity contribution < 1.29 is 0 Å². The molecule has 1 aliphatic rings. The standard InChI is InChI=1S/C20H23N3OS/c1-3-23-19(24)17-15-11-7-8-12-16(15)25-18(17)21-20(23)22(2)13-14-9-5-4-6-10-14/h4-6,9-10H,3,7-8,11-13H2,1-2H3. The van der Waals surface area contributed by atoms with Crippen molar-refractivity contribution in [3.05, 3.63) is 56.7 Å². The van der Waals surface area contributed by atoms with Gasteiger partial charge in [-0.25, -0.2) is 4.98 Å². The van der Waals surface area contributed by atoms with Crippen LogP contribution in [0.5, 0.6) is 0 Å². The molecule has 0 radical (unpaired) electrons. The van der Waals surface area contributed by atoms with E-state index in [9.17, 15) is 4.79 Å². The molecular formula is C20H23N3OS. The van der Waals surface area contributed by atoms with Gasteiger partial charge in [-0.05, 0) is 43.7 Å². The third-order valence-corrected chi connectivity index (χ3v) is 6.16. The average Bonchev–Trinajstić information content (AvgIpc) is 3.01. The van der Waals surface area contributed by atoms with E-state index in [-0.39, 0.29) is 5.56 Å². The minimum absolute atomic E-state index is 0.127. The van der Waals surface area contributed by atoms with Gasteiger partial charge in [0.1, 0.15) is 4.83 Å². The van der Waals surface area contributed by atoms with Gasteiger partial charge in [0.05, 0.1) is 5.39 Å². The first-order valence-corrected chi connectivity index (χ1v) is 9.81. The fourth-order valence-corrected chi connectivity index (χ4v) is 4.98. The van der Waals surface area contributed by atoms with Crippen LogP contribution in [0.1, 0.15) is 35.8 Å². The summed E-state index contributed by atoms with van der Waals surface area (Å²) in [7, 11) is 2.01. The van der Waals surface area contributed by atoms with E-state index in [4.69, 9.17) is 4.98 Å². The third kappa shape index (κ3) is 2.86. The maximum Gasteiger partial charge on any atom is 0.263 e. The van der Waals surface area contributed by atoms with Crippen LogP contribution in [0, 0.1) is 0 Å². The van der Waals surface area contributed by atoms with Crippen LogP contribution in [-0.2, 0) is 25.9 Å². The van der Waals surface area contributed by atoms with Crippen LogP contribution < -0.4 is 10.5 Å². The molecule has 25 heavy (non-hydrogen) atoms. The molecule has 130 valence electrons. The van der Waals surface area contributed by atoms with Gasteiger partial charge in [0.15, 0.2) is 0 Å². The number of nitrogens with zero attached hydrogens (tertiary/aromatic N) is 3. The van der Waals surface area contributed by atoms with E-state index in [0.717, 1.165) is 35.6 Å². The van der Waals surface area contributed by atoms with E-state index in [2.05, 4.69) is 17.0 Å². The summed E-state index contributed by atoms with van der Waals surface area (Å²) >= 11 is 1.72. The molecule has 0 N–H and O–H groups in total.